The lowest BCUT2D eigenvalue weighted by molar-refractivity contribution is 0.0678. The van der Waals surface area contributed by atoms with Gasteiger partial charge in [-0.2, -0.15) is 11.3 Å². The van der Waals surface area contributed by atoms with E-state index in [1.807, 2.05) is 16.8 Å². The Morgan fingerprint density at radius 1 is 1.33 bits per heavy atom. The van der Waals surface area contributed by atoms with Crippen molar-refractivity contribution in [3.8, 4) is 11.5 Å². The van der Waals surface area contributed by atoms with Crippen LogP contribution in [-0.4, -0.2) is 31.8 Å². The van der Waals surface area contributed by atoms with Gasteiger partial charge in [0.2, 0.25) is 0 Å². The highest BCUT2D eigenvalue weighted by atomic mass is 127. The molecule has 1 aromatic heterocycles. The van der Waals surface area contributed by atoms with Crippen molar-refractivity contribution in [1.29, 1.82) is 0 Å². The summed E-state index contributed by atoms with van der Waals surface area (Å²) in [6, 6.07) is 7.20. The van der Waals surface area contributed by atoms with E-state index >= 15 is 0 Å². The fourth-order valence-electron chi connectivity index (χ4n) is 1.99. The number of nitrogens with one attached hydrogen (secondary N) is 1. The quantitative estimate of drug-likeness (QED) is 0.348. The smallest absolute Gasteiger partial charge is 0.193 e. The Bertz CT molecular complexity index is 675. The minimum atomic E-state index is -1.06. The van der Waals surface area contributed by atoms with Gasteiger partial charge >= 0.3 is 0 Å². The highest BCUT2D eigenvalue weighted by molar-refractivity contribution is 14.0. The molecule has 0 spiro atoms. The standard InChI is InChI=1S/C16H21N3O3S.HI/c1-16(20,11-6-7-23-9-11)10-18-15(17)19-13-8-12(21-2)4-5-14(13)22-3;/h4-9,20H,10H2,1-3H3,(H3,17,18,19);1H. The first-order valence-corrected chi connectivity index (χ1v) is 7.94. The topological polar surface area (TPSA) is 89.1 Å². The number of guanidine groups is 1. The van der Waals surface area contributed by atoms with Crippen LogP contribution < -0.4 is 20.5 Å². The maximum Gasteiger partial charge on any atom is 0.193 e. The van der Waals surface area contributed by atoms with Gasteiger partial charge in [0.15, 0.2) is 5.96 Å². The van der Waals surface area contributed by atoms with Gasteiger partial charge in [-0.3, -0.25) is 0 Å². The van der Waals surface area contributed by atoms with Crippen molar-refractivity contribution in [1.82, 2.24) is 0 Å². The molecule has 6 nitrogen and oxygen atoms in total. The van der Waals surface area contributed by atoms with E-state index in [0.29, 0.717) is 17.2 Å². The Hall–Kier alpha value is -1.52. The Morgan fingerprint density at radius 3 is 2.67 bits per heavy atom. The molecule has 132 valence electrons. The number of rotatable bonds is 6. The SMILES string of the molecule is COc1ccc(OC)c(NC(N)=NCC(C)(O)c2ccsc2)c1.I. The first-order valence-electron chi connectivity index (χ1n) is 7.00. The zero-order valence-electron chi connectivity index (χ0n) is 13.8. The van der Waals surface area contributed by atoms with E-state index in [1.165, 1.54) is 11.3 Å². The number of nitrogens with zero attached hydrogens (tertiary/aromatic N) is 1. The Morgan fingerprint density at radius 2 is 2.08 bits per heavy atom. The van der Waals surface area contributed by atoms with Gasteiger partial charge in [-0.15, -0.1) is 24.0 Å². The molecule has 0 amide bonds. The van der Waals surface area contributed by atoms with E-state index in [1.54, 1.807) is 39.3 Å². The molecule has 0 saturated carbocycles. The first-order chi connectivity index (χ1) is 11.0. The van der Waals surface area contributed by atoms with Crippen LogP contribution >= 0.6 is 35.3 Å². The van der Waals surface area contributed by atoms with Gasteiger partial charge in [-0.1, -0.05) is 0 Å². The van der Waals surface area contributed by atoms with E-state index < -0.39 is 5.60 Å². The zero-order chi connectivity index (χ0) is 16.9. The highest BCUT2D eigenvalue weighted by Crippen LogP contribution is 2.29. The molecule has 2 aromatic rings. The van der Waals surface area contributed by atoms with Crippen LogP contribution in [0.1, 0.15) is 12.5 Å². The minimum absolute atomic E-state index is 0. The first kappa shape index (κ1) is 20.5. The summed E-state index contributed by atoms with van der Waals surface area (Å²) in [7, 11) is 3.16. The molecule has 1 atom stereocenters. The molecule has 0 fully saturated rings. The maximum absolute atomic E-state index is 10.4. The Balaban J connectivity index is 0.00000288. The summed E-state index contributed by atoms with van der Waals surface area (Å²) in [6.07, 6.45) is 0. The predicted molar refractivity (Wildman–Crippen MR) is 109 cm³/mol. The van der Waals surface area contributed by atoms with Crippen LogP contribution in [0.5, 0.6) is 11.5 Å². The molecule has 8 heteroatoms. The number of hydrogen-bond donors (Lipinski definition) is 3. The third-order valence-corrected chi connectivity index (χ3v) is 4.05. The van der Waals surface area contributed by atoms with Crippen molar-refractivity contribution >= 4 is 47.0 Å². The van der Waals surface area contributed by atoms with E-state index in [2.05, 4.69) is 10.3 Å². The van der Waals surface area contributed by atoms with Crippen LogP contribution in [0, 0.1) is 0 Å². The lowest BCUT2D eigenvalue weighted by atomic mass is 10.00. The lowest BCUT2D eigenvalue weighted by Gasteiger charge is -2.20. The number of aliphatic imine (C=N–C) groups is 1. The van der Waals surface area contributed by atoms with Gasteiger partial charge < -0.3 is 25.6 Å². The number of hydrogen-bond acceptors (Lipinski definition) is 5. The molecular weight excluding hydrogens is 441 g/mol. The second kappa shape index (κ2) is 9.09. The molecule has 0 saturated heterocycles. The molecule has 2 rings (SSSR count). The van der Waals surface area contributed by atoms with Gasteiger partial charge in [0.25, 0.3) is 0 Å². The number of ether oxygens (including phenoxy) is 2. The van der Waals surface area contributed by atoms with Crippen molar-refractivity contribution in [2.24, 2.45) is 10.7 Å². The van der Waals surface area contributed by atoms with Crippen LogP contribution in [0.4, 0.5) is 5.69 Å². The number of halogens is 1. The number of methoxy groups -OCH3 is 2. The summed E-state index contributed by atoms with van der Waals surface area (Å²) in [5.41, 5.74) is 6.31. The molecule has 0 aliphatic carbocycles. The van der Waals surface area contributed by atoms with Gasteiger partial charge in [-0.25, -0.2) is 4.99 Å². The van der Waals surface area contributed by atoms with Gasteiger partial charge in [0.1, 0.15) is 17.1 Å². The molecule has 1 unspecified atom stereocenters. The third-order valence-electron chi connectivity index (χ3n) is 3.37. The maximum atomic E-state index is 10.4. The molecule has 0 aliphatic rings. The van der Waals surface area contributed by atoms with Crippen molar-refractivity contribution in [3.05, 3.63) is 40.6 Å². The molecular formula is C16H22IN3O3S. The molecule has 0 bridgehead atoms. The van der Waals surface area contributed by atoms with Gasteiger partial charge in [0, 0.05) is 6.07 Å². The average Bonchev–Trinajstić information content (AvgIpc) is 3.08. The lowest BCUT2D eigenvalue weighted by Crippen LogP contribution is -2.29. The van der Waals surface area contributed by atoms with Crippen LogP contribution in [-0.2, 0) is 5.60 Å². The van der Waals surface area contributed by atoms with Crippen molar-refractivity contribution in [3.63, 3.8) is 0 Å². The number of aliphatic hydroxyl groups is 1. The number of anilines is 1. The summed E-state index contributed by atoms with van der Waals surface area (Å²) in [6.45, 7) is 1.85. The summed E-state index contributed by atoms with van der Waals surface area (Å²) in [4.78, 5) is 4.22. The van der Waals surface area contributed by atoms with Crippen LogP contribution in [0.3, 0.4) is 0 Å². The number of thiophene rings is 1. The van der Waals surface area contributed by atoms with E-state index in [-0.39, 0.29) is 36.5 Å². The fraction of sp³-hybridized carbons (Fsp3) is 0.312. The van der Waals surface area contributed by atoms with Crippen LogP contribution in [0.2, 0.25) is 0 Å². The van der Waals surface area contributed by atoms with E-state index in [0.717, 1.165) is 5.56 Å². The van der Waals surface area contributed by atoms with E-state index in [9.17, 15) is 5.11 Å². The second-order valence-corrected chi connectivity index (χ2v) is 5.96. The Labute approximate surface area is 162 Å². The second-order valence-electron chi connectivity index (χ2n) is 5.18. The van der Waals surface area contributed by atoms with Gasteiger partial charge in [-0.05, 0) is 41.4 Å². The molecule has 4 N–H and O–H groups in total. The average molecular weight is 463 g/mol. The molecule has 1 heterocycles. The monoisotopic (exact) mass is 463 g/mol. The van der Waals surface area contributed by atoms with Crippen molar-refractivity contribution in [2.45, 2.75) is 12.5 Å². The van der Waals surface area contributed by atoms with Crippen LogP contribution in [0.25, 0.3) is 0 Å². The van der Waals surface area contributed by atoms with E-state index in [4.69, 9.17) is 15.2 Å². The highest BCUT2D eigenvalue weighted by Gasteiger charge is 2.23. The summed E-state index contributed by atoms with van der Waals surface area (Å²) < 4.78 is 10.5. The molecule has 0 aliphatic heterocycles. The largest absolute Gasteiger partial charge is 0.497 e. The Kier molecular flexibility index (Phi) is 7.77. The zero-order valence-corrected chi connectivity index (χ0v) is 16.9. The van der Waals surface area contributed by atoms with Crippen LogP contribution in [0.15, 0.2) is 40.0 Å². The molecule has 1 aromatic carbocycles. The normalized spacial score (nSPS) is 13.6. The van der Waals surface area contributed by atoms with Crippen molar-refractivity contribution < 1.29 is 14.6 Å². The summed E-state index contributed by atoms with van der Waals surface area (Å²) in [5.74, 6) is 1.48. The number of benzene rings is 1. The summed E-state index contributed by atoms with van der Waals surface area (Å²) in [5, 5.41) is 17.2. The number of nitrogens with two attached hydrogens (primary N) is 1. The predicted octanol–water partition coefficient (Wildman–Crippen LogP) is 3.02. The van der Waals surface area contributed by atoms with Gasteiger partial charge in [0.05, 0.1) is 26.5 Å². The van der Waals surface area contributed by atoms with Crippen molar-refractivity contribution in [2.75, 3.05) is 26.1 Å². The third kappa shape index (κ3) is 5.25. The fourth-order valence-corrected chi connectivity index (χ4v) is 2.77. The molecule has 24 heavy (non-hydrogen) atoms. The summed E-state index contributed by atoms with van der Waals surface area (Å²) >= 11 is 1.53. The minimum Gasteiger partial charge on any atom is -0.497 e. The molecule has 0 radical (unpaired) electrons.